The summed E-state index contributed by atoms with van der Waals surface area (Å²) in [5, 5.41) is 9.09. The molecule has 1 saturated heterocycles. The lowest BCUT2D eigenvalue weighted by Gasteiger charge is -2.38. The highest BCUT2D eigenvalue weighted by Crippen LogP contribution is 2.31. The number of rotatable bonds is 0. The Morgan fingerprint density at radius 2 is 2.19 bits per heavy atom. The van der Waals surface area contributed by atoms with Gasteiger partial charge in [0.15, 0.2) is 0 Å². The standard InChI is InChI=1S/C14H15BrN2O4/c1-8-4-10-12(5-11(8)15)21-7-9-6-16(14(19)20)2-3-17(9)13(10)18/h4-5,9H,2-3,6-7H2,1H3,(H,19,20)/t9-/m1/s1. The van der Waals surface area contributed by atoms with Crippen LogP contribution in [0.25, 0.3) is 0 Å². The highest BCUT2D eigenvalue weighted by Gasteiger charge is 2.36. The quantitative estimate of drug-likeness (QED) is 0.772. The maximum absolute atomic E-state index is 12.7. The molecule has 6 nitrogen and oxygen atoms in total. The minimum atomic E-state index is -0.956. The van der Waals surface area contributed by atoms with Crippen molar-refractivity contribution in [3.8, 4) is 5.75 Å². The van der Waals surface area contributed by atoms with Crippen molar-refractivity contribution >= 4 is 27.9 Å². The fourth-order valence-electron chi connectivity index (χ4n) is 2.73. The van der Waals surface area contributed by atoms with Gasteiger partial charge >= 0.3 is 6.09 Å². The average molecular weight is 355 g/mol. The van der Waals surface area contributed by atoms with Crippen molar-refractivity contribution in [1.82, 2.24) is 9.80 Å². The lowest BCUT2D eigenvalue weighted by molar-refractivity contribution is 0.0390. The molecular weight excluding hydrogens is 340 g/mol. The van der Waals surface area contributed by atoms with Gasteiger partial charge in [-0.05, 0) is 24.6 Å². The number of piperazine rings is 1. The first kappa shape index (κ1) is 14.2. The molecule has 1 aromatic carbocycles. The summed E-state index contributed by atoms with van der Waals surface area (Å²) in [6, 6.07) is 3.37. The van der Waals surface area contributed by atoms with Crippen molar-refractivity contribution in [1.29, 1.82) is 0 Å². The molecule has 112 valence electrons. The van der Waals surface area contributed by atoms with Crippen LogP contribution < -0.4 is 4.74 Å². The number of halogens is 1. The maximum atomic E-state index is 12.7. The minimum Gasteiger partial charge on any atom is -0.490 e. The molecule has 0 saturated carbocycles. The second kappa shape index (κ2) is 5.22. The van der Waals surface area contributed by atoms with E-state index < -0.39 is 6.09 Å². The molecule has 7 heteroatoms. The van der Waals surface area contributed by atoms with Gasteiger partial charge in [0.25, 0.3) is 5.91 Å². The molecule has 0 spiro atoms. The van der Waals surface area contributed by atoms with Gasteiger partial charge in [-0.2, -0.15) is 0 Å². The van der Waals surface area contributed by atoms with Gasteiger partial charge in [-0.25, -0.2) is 4.79 Å². The smallest absolute Gasteiger partial charge is 0.407 e. The number of nitrogens with zero attached hydrogens (tertiary/aromatic N) is 2. The van der Waals surface area contributed by atoms with Gasteiger partial charge in [-0.1, -0.05) is 15.9 Å². The predicted octanol–water partition coefficient (Wildman–Crippen LogP) is 1.95. The van der Waals surface area contributed by atoms with Crippen molar-refractivity contribution < 1.29 is 19.4 Å². The molecule has 0 radical (unpaired) electrons. The van der Waals surface area contributed by atoms with Crippen LogP contribution in [0.2, 0.25) is 0 Å². The molecule has 1 atom stereocenters. The number of fused-ring (bicyclic) bond motifs is 2. The molecule has 0 bridgehead atoms. The van der Waals surface area contributed by atoms with Crippen LogP contribution in [-0.4, -0.2) is 59.2 Å². The van der Waals surface area contributed by atoms with Gasteiger partial charge in [-0.3, -0.25) is 4.79 Å². The summed E-state index contributed by atoms with van der Waals surface area (Å²) in [5.41, 5.74) is 1.51. The first-order valence-corrected chi connectivity index (χ1v) is 7.48. The Morgan fingerprint density at radius 1 is 1.43 bits per heavy atom. The molecule has 3 rings (SSSR count). The predicted molar refractivity (Wildman–Crippen MR) is 78.8 cm³/mol. The van der Waals surface area contributed by atoms with Crippen LogP contribution in [-0.2, 0) is 0 Å². The van der Waals surface area contributed by atoms with E-state index in [4.69, 9.17) is 9.84 Å². The SMILES string of the molecule is Cc1cc2c(cc1Br)OC[C@H]1CN(C(=O)O)CCN1C2=O. The molecule has 1 N–H and O–H groups in total. The molecule has 21 heavy (non-hydrogen) atoms. The molecule has 1 fully saturated rings. The van der Waals surface area contributed by atoms with Crippen LogP contribution in [0.3, 0.4) is 0 Å². The molecule has 1 aromatic rings. The van der Waals surface area contributed by atoms with Crippen molar-refractivity contribution in [2.24, 2.45) is 0 Å². The number of hydrogen-bond donors (Lipinski definition) is 1. The Balaban J connectivity index is 1.93. The summed E-state index contributed by atoms with van der Waals surface area (Å²) < 4.78 is 6.63. The first-order chi connectivity index (χ1) is 9.97. The molecule has 2 aliphatic rings. The van der Waals surface area contributed by atoms with Crippen LogP contribution in [0.5, 0.6) is 5.75 Å². The number of ether oxygens (including phenoxy) is 1. The number of amides is 2. The molecule has 2 aliphatic heterocycles. The normalized spacial score (nSPS) is 21.2. The van der Waals surface area contributed by atoms with Gasteiger partial charge in [0.1, 0.15) is 12.4 Å². The first-order valence-electron chi connectivity index (χ1n) is 6.69. The van der Waals surface area contributed by atoms with Crippen LogP contribution >= 0.6 is 15.9 Å². The van der Waals surface area contributed by atoms with Gasteiger partial charge in [-0.15, -0.1) is 0 Å². The van der Waals surface area contributed by atoms with Crippen molar-refractivity contribution in [2.45, 2.75) is 13.0 Å². The molecular formula is C14H15BrN2O4. The molecule has 0 unspecified atom stereocenters. The van der Waals surface area contributed by atoms with Crippen molar-refractivity contribution in [3.63, 3.8) is 0 Å². The lowest BCUT2D eigenvalue weighted by Crippen LogP contribution is -2.57. The topological polar surface area (TPSA) is 70.1 Å². The van der Waals surface area contributed by atoms with E-state index in [-0.39, 0.29) is 18.5 Å². The van der Waals surface area contributed by atoms with E-state index in [1.807, 2.05) is 13.0 Å². The fourth-order valence-corrected chi connectivity index (χ4v) is 3.05. The fraction of sp³-hybridized carbons (Fsp3) is 0.429. The number of benzene rings is 1. The average Bonchev–Trinajstić information content (AvgIpc) is 2.58. The third kappa shape index (κ3) is 2.46. The van der Waals surface area contributed by atoms with Crippen LogP contribution in [0.15, 0.2) is 16.6 Å². The number of aryl methyl sites for hydroxylation is 1. The van der Waals surface area contributed by atoms with E-state index in [0.29, 0.717) is 31.0 Å². The minimum absolute atomic E-state index is 0.0897. The van der Waals surface area contributed by atoms with E-state index in [2.05, 4.69) is 15.9 Å². The number of carboxylic acid groups (broad SMARTS) is 1. The lowest BCUT2D eigenvalue weighted by atomic mass is 10.1. The van der Waals surface area contributed by atoms with Crippen LogP contribution in [0.4, 0.5) is 4.79 Å². The zero-order chi connectivity index (χ0) is 15.1. The van der Waals surface area contributed by atoms with Crippen LogP contribution in [0.1, 0.15) is 15.9 Å². The summed E-state index contributed by atoms with van der Waals surface area (Å²) in [6.45, 7) is 3.24. The molecule has 2 heterocycles. The van der Waals surface area contributed by atoms with Gasteiger partial charge in [0.2, 0.25) is 0 Å². The highest BCUT2D eigenvalue weighted by atomic mass is 79.9. The monoisotopic (exact) mass is 354 g/mol. The summed E-state index contributed by atoms with van der Waals surface area (Å²) >= 11 is 3.43. The number of hydrogen-bond acceptors (Lipinski definition) is 3. The maximum Gasteiger partial charge on any atom is 0.407 e. The Labute approximate surface area is 130 Å². The van der Waals surface area contributed by atoms with Gasteiger partial charge in [0, 0.05) is 24.1 Å². The summed E-state index contributed by atoms with van der Waals surface area (Å²) in [4.78, 5) is 26.8. The van der Waals surface area contributed by atoms with Crippen molar-refractivity contribution in [2.75, 3.05) is 26.2 Å². The van der Waals surface area contributed by atoms with E-state index in [1.165, 1.54) is 4.90 Å². The summed E-state index contributed by atoms with van der Waals surface area (Å²) in [7, 11) is 0. The zero-order valence-corrected chi connectivity index (χ0v) is 13.1. The zero-order valence-electron chi connectivity index (χ0n) is 11.5. The van der Waals surface area contributed by atoms with Gasteiger partial charge < -0.3 is 19.6 Å². The summed E-state index contributed by atoms with van der Waals surface area (Å²) in [5.74, 6) is 0.460. The Hall–Kier alpha value is -1.76. The Bertz CT molecular complexity index is 619. The van der Waals surface area contributed by atoms with Gasteiger partial charge in [0.05, 0.1) is 11.6 Å². The Morgan fingerprint density at radius 3 is 2.90 bits per heavy atom. The third-order valence-corrected chi connectivity index (χ3v) is 4.79. The van der Waals surface area contributed by atoms with E-state index >= 15 is 0 Å². The van der Waals surface area contributed by atoms with E-state index in [0.717, 1.165) is 10.0 Å². The highest BCUT2D eigenvalue weighted by molar-refractivity contribution is 9.10. The van der Waals surface area contributed by atoms with Crippen molar-refractivity contribution in [3.05, 3.63) is 27.7 Å². The second-order valence-electron chi connectivity index (χ2n) is 5.29. The Kier molecular flexibility index (Phi) is 3.52. The molecule has 0 aliphatic carbocycles. The van der Waals surface area contributed by atoms with Crippen LogP contribution in [0, 0.1) is 6.92 Å². The van der Waals surface area contributed by atoms with E-state index in [9.17, 15) is 9.59 Å². The summed E-state index contributed by atoms with van der Waals surface area (Å²) in [6.07, 6.45) is -0.956. The molecule has 2 amide bonds. The largest absolute Gasteiger partial charge is 0.490 e. The molecule has 0 aromatic heterocycles. The second-order valence-corrected chi connectivity index (χ2v) is 6.14. The van der Waals surface area contributed by atoms with E-state index in [1.54, 1.807) is 11.0 Å². The number of carbonyl (C=O) groups is 2. The number of carbonyl (C=O) groups excluding carboxylic acids is 1. The third-order valence-electron chi connectivity index (χ3n) is 3.94.